The first-order valence-corrected chi connectivity index (χ1v) is 5.69. The van der Waals surface area contributed by atoms with Crippen LogP contribution in [0.15, 0.2) is 24.3 Å². The van der Waals surface area contributed by atoms with Crippen LogP contribution in [0.5, 0.6) is 5.75 Å². The van der Waals surface area contributed by atoms with Gasteiger partial charge >= 0.3 is 0 Å². The van der Waals surface area contributed by atoms with Crippen molar-refractivity contribution in [1.29, 1.82) is 5.26 Å². The lowest BCUT2D eigenvalue weighted by atomic mass is 10.1. The zero-order valence-corrected chi connectivity index (χ0v) is 9.74. The summed E-state index contributed by atoms with van der Waals surface area (Å²) in [6.45, 7) is 2.01. The topological polar surface area (TPSA) is 45.0 Å². The van der Waals surface area contributed by atoms with Gasteiger partial charge in [0.15, 0.2) is 0 Å². The summed E-state index contributed by atoms with van der Waals surface area (Å²) >= 11 is 0. The van der Waals surface area contributed by atoms with Gasteiger partial charge in [0.25, 0.3) is 0 Å². The smallest absolute Gasteiger partial charge is 0.138 e. The fourth-order valence-corrected chi connectivity index (χ4v) is 1.57. The van der Waals surface area contributed by atoms with Gasteiger partial charge in [0.1, 0.15) is 23.7 Å². The SMILES string of the molecule is CC(C#N)(COc1cccc(F)c1)NC1CC1. The van der Waals surface area contributed by atoms with Crippen LogP contribution in [0.2, 0.25) is 0 Å². The van der Waals surface area contributed by atoms with Crippen LogP contribution in [0.25, 0.3) is 0 Å². The molecule has 1 aromatic carbocycles. The lowest BCUT2D eigenvalue weighted by Gasteiger charge is -2.23. The highest BCUT2D eigenvalue weighted by molar-refractivity contribution is 5.23. The lowest BCUT2D eigenvalue weighted by molar-refractivity contribution is 0.232. The zero-order valence-electron chi connectivity index (χ0n) is 9.74. The fraction of sp³-hybridized carbons (Fsp3) is 0.462. The van der Waals surface area contributed by atoms with Gasteiger partial charge in [-0.2, -0.15) is 5.26 Å². The molecule has 1 aliphatic carbocycles. The van der Waals surface area contributed by atoms with E-state index in [1.807, 2.05) is 0 Å². The van der Waals surface area contributed by atoms with Gasteiger partial charge in [-0.3, -0.25) is 5.32 Å². The van der Waals surface area contributed by atoms with Gasteiger partial charge in [-0.05, 0) is 31.9 Å². The summed E-state index contributed by atoms with van der Waals surface area (Å²) in [5, 5.41) is 12.3. The molecule has 0 heterocycles. The van der Waals surface area contributed by atoms with Gasteiger partial charge in [-0.15, -0.1) is 0 Å². The Morgan fingerprint density at radius 1 is 1.59 bits per heavy atom. The normalized spacial score (nSPS) is 18.2. The predicted molar refractivity (Wildman–Crippen MR) is 62.1 cm³/mol. The number of ether oxygens (including phenoxy) is 1. The second kappa shape index (κ2) is 4.72. The highest BCUT2D eigenvalue weighted by atomic mass is 19.1. The van der Waals surface area contributed by atoms with Crippen molar-refractivity contribution in [3.05, 3.63) is 30.1 Å². The number of hydrogen-bond acceptors (Lipinski definition) is 3. The van der Waals surface area contributed by atoms with E-state index in [9.17, 15) is 4.39 Å². The molecule has 1 saturated carbocycles. The molecule has 1 unspecified atom stereocenters. The molecule has 4 heteroatoms. The Balaban J connectivity index is 1.93. The van der Waals surface area contributed by atoms with Crippen LogP contribution >= 0.6 is 0 Å². The molecular formula is C13H15FN2O. The van der Waals surface area contributed by atoms with E-state index in [0.29, 0.717) is 11.8 Å². The van der Waals surface area contributed by atoms with Crippen molar-refractivity contribution < 1.29 is 9.13 Å². The predicted octanol–water partition coefficient (Wildman–Crippen LogP) is 2.24. The van der Waals surface area contributed by atoms with Crippen LogP contribution in [-0.4, -0.2) is 18.2 Å². The summed E-state index contributed by atoms with van der Waals surface area (Å²) in [7, 11) is 0. The largest absolute Gasteiger partial charge is 0.490 e. The Morgan fingerprint density at radius 3 is 2.94 bits per heavy atom. The van der Waals surface area contributed by atoms with Crippen molar-refractivity contribution in [2.75, 3.05) is 6.61 Å². The Morgan fingerprint density at radius 2 is 2.35 bits per heavy atom. The zero-order chi connectivity index (χ0) is 12.3. The molecule has 0 saturated heterocycles. The molecule has 1 fully saturated rings. The van der Waals surface area contributed by atoms with E-state index in [1.165, 1.54) is 12.1 Å². The fourth-order valence-electron chi connectivity index (χ4n) is 1.57. The molecule has 1 aromatic rings. The Bertz CT molecular complexity index is 439. The summed E-state index contributed by atoms with van der Waals surface area (Å²) in [6, 6.07) is 8.57. The number of nitriles is 1. The van der Waals surface area contributed by atoms with Crippen LogP contribution in [0.3, 0.4) is 0 Å². The minimum Gasteiger partial charge on any atom is -0.490 e. The number of nitrogens with one attached hydrogen (secondary N) is 1. The molecule has 17 heavy (non-hydrogen) atoms. The molecule has 0 aromatic heterocycles. The molecule has 3 nitrogen and oxygen atoms in total. The van der Waals surface area contributed by atoms with Gasteiger partial charge in [0.05, 0.1) is 6.07 Å². The van der Waals surface area contributed by atoms with Crippen LogP contribution in [0.4, 0.5) is 4.39 Å². The maximum Gasteiger partial charge on any atom is 0.138 e. The number of hydrogen-bond donors (Lipinski definition) is 1. The molecule has 90 valence electrons. The van der Waals surface area contributed by atoms with Crippen LogP contribution in [0.1, 0.15) is 19.8 Å². The van der Waals surface area contributed by atoms with E-state index in [1.54, 1.807) is 19.1 Å². The van der Waals surface area contributed by atoms with Crippen molar-refractivity contribution >= 4 is 0 Å². The minimum atomic E-state index is -0.715. The summed E-state index contributed by atoms with van der Waals surface area (Å²) in [5.74, 6) is 0.111. The van der Waals surface area contributed by atoms with E-state index in [0.717, 1.165) is 12.8 Å². The summed E-state index contributed by atoms with van der Waals surface area (Å²) in [5.41, 5.74) is -0.715. The molecule has 0 radical (unpaired) electrons. The van der Waals surface area contributed by atoms with Gasteiger partial charge in [0, 0.05) is 12.1 Å². The van der Waals surface area contributed by atoms with Gasteiger partial charge in [-0.1, -0.05) is 6.07 Å². The molecule has 1 aliphatic rings. The molecule has 0 amide bonds. The number of nitrogens with zero attached hydrogens (tertiary/aromatic N) is 1. The lowest BCUT2D eigenvalue weighted by Crippen LogP contribution is -2.47. The maximum absolute atomic E-state index is 12.9. The first kappa shape index (κ1) is 11.9. The molecule has 1 atom stereocenters. The Hall–Kier alpha value is -1.60. The van der Waals surface area contributed by atoms with Crippen molar-refractivity contribution in [2.45, 2.75) is 31.3 Å². The summed E-state index contributed by atoms with van der Waals surface area (Å²) < 4.78 is 18.4. The van der Waals surface area contributed by atoms with Crippen molar-refractivity contribution in [2.24, 2.45) is 0 Å². The van der Waals surface area contributed by atoms with Crippen molar-refractivity contribution in [3.8, 4) is 11.8 Å². The highest BCUT2D eigenvalue weighted by Crippen LogP contribution is 2.23. The molecule has 0 aliphatic heterocycles. The van der Waals surface area contributed by atoms with E-state index in [2.05, 4.69) is 11.4 Å². The molecule has 0 spiro atoms. The van der Waals surface area contributed by atoms with Gasteiger partial charge < -0.3 is 4.74 Å². The van der Waals surface area contributed by atoms with E-state index >= 15 is 0 Å². The average molecular weight is 234 g/mol. The Labute approximate surface area is 100 Å². The van der Waals surface area contributed by atoms with E-state index < -0.39 is 5.54 Å². The van der Waals surface area contributed by atoms with E-state index in [4.69, 9.17) is 10.00 Å². The Kier molecular flexibility index (Phi) is 3.30. The first-order valence-electron chi connectivity index (χ1n) is 5.69. The molecular weight excluding hydrogens is 219 g/mol. The minimum absolute atomic E-state index is 0.212. The van der Waals surface area contributed by atoms with Crippen LogP contribution in [-0.2, 0) is 0 Å². The van der Waals surface area contributed by atoms with E-state index in [-0.39, 0.29) is 12.4 Å². The average Bonchev–Trinajstić information content (AvgIpc) is 3.11. The molecule has 1 N–H and O–H groups in total. The molecule has 2 rings (SSSR count). The quantitative estimate of drug-likeness (QED) is 0.849. The van der Waals surface area contributed by atoms with Gasteiger partial charge in [0.2, 0.25) is 0 Å². The van der Waals surface area contributed by atoms with Crippen LogP contribution < -0.4 is 10.1 Å². The van der Waals surface area contributed by atoms with Gasteiger partial charge in [-0.25, -0.2) is 4.39 Å². The highest BCUT2D eigenvalue weighted by Gasteiger charge is 2.33. The monoisotopic (exact) mass is 234 g/mol. The maximum atomic E-state index is 12.9. The number of benzene rings is 1. The second-order valence-corrected chi connectivity index (χ2v) is 4.61. The summed E-state index contributed by atoms with van der Waals surface area (Å²) in [6.07, 6.45) is 2.22. The third kappa shape index (κ3) is 3.43. The standard InChI is InChI=1S/C13H15FN2O/c1-13(8-15,16-11-5-6-11)9-17-12-4-2-3-10(14)7-12/h2-4,7,11,16H,5-6,9H2,1H3. The molecule has 0 bridgehead atoms. The van der Waals surface area contributed by atoms with Crippen molar-refractivity contribution in [1.82, 2.24) is 5.32 Å². The van der Waals surface area contributed by atoms with Crippen LogP contribution in [0, 0.1) is 17.1 Å². The van der Waals surface area contributed by atoms with Crippen molar-refractivity contribution in [3.63, 3.8) is 0 Å². The summed E-state index contributed by atoms with van der Waals surface area (Å²) in [4.78, 5) is 0. The second-order valence-electron chi connectivity index (χ2n) is 4.61. The number of halogens is 1. The first-order chi connectivity index (χ1) is 8.11. The number of rotatable bonds is 5. The third-order valence-electron chi connectivity index (χ3n) is 2.67. The third-order valence-corrected chi connectivity index (χ3v) is 2.67.